The van der Waals surface area contributed by atoms with Gasteiger partial charge in [0.15, 0.2) is 0 Å². The minimum absolute atomic E-state index is 0.00328. The lowest BCUT2D eigenvalue weighted by Gasteiger charge is -2.22. The summed E-state index contributed by atoms with van der Waals surface area (Å²) in [7, 11) is 0. The zero-order chi connectivity index (χ0) is 52.9. The Morgan fingerprint density at radius 2 is 0.644 bits per heavy atom. The third-order valence-electron chi connectivity index (χ3n) is 15.8. The number of ether oxygens (including phenoxy) is 1. The fraction of sp³-hybridized carbons (Fsp3) is 0.940. The number of esters is 1. The normalized spacial score (nSPS) is 12.5. The standard InChI is InChI=1S/C67H131NO5/c1-3-5-7-9-11-13-15-17-19-20-21-22-23-24-25-26-27-28-32-35-39-43-47-51-55-59-65(70)64(63-69)68-66(71)60-56-52-48-44-40-36-33-29-30-34-38-42-46-50-54-58-62-73-67(72)61-57-53-49-45-41-37-31-18-16-14-12-10-8-6-4-2/h18,31,64-65,69-70H,3-17,19-30,32-63H2,1-2H3,(H,68,71)/b31-18-. The van der Waals surface area contributed by atoms with E-state index >= 15 is 0 Å². The van der Waals surface area contributed by atoms with Crippen LogP contribution >= 0.6 is 0 Å². The van der Waals surface area contributed by atoms with Gasteiger partial charge in [-0.1, -0.05) is 328 Å². The Bertz CT molecular complexity index is 1100. The highest BCUT2D eigenvalue weighted by Gasteiger charge is 2.20. The van der Waals surface area contributed by atoms with Crippen LogP contribution in [-0.4, -0.2) is 47.4 Å². The van der Waals surface area contributed by atoms with Crippen molar-refractivity contribution < 1.29 is 24.5 Å². The van der Waals surface area contributed by atoms with E-state index < -0.39 is 12.1 Å². The third-order valence-corrected chi connectivity index (χ3v) is 15.8. The molecule has 0 saturated carbocycles. The molecule has 3 N–H and O–H groups in total. The van der Waals surface area contributed by atoms with Crippen molar-refractivity contribution in [2.75, 3.05) is 13.2 Å². The molecule has 6 heteroatoms. The molecule has 0 aromatic carbocycles. The largest absolute Gasteiger partial charge is 0.466 e. The highest BCUT2D eigenvalue weighted by atomic mass is 16.5. The second-order valence-electron chi connectivity index (χ2n) is 23.2. The molecular weight excluding hydrogens is 899 g/mol. The van der Waals surface area contributed by atoms with Crippen LogP contribution < -0.4 is 5.32 Å². The first-order chi connectivity index (χ1) is 36.0. The van der Waals surface area contributed by atoms with Crippen LogP contribution in [-0.2, 0) is 14.3 Å². The van der Waals surface area contributed by atoms with E-state index in [0.29, 0.717) is 25.9 Å². The molecule has 0 aliphatic heterocycles. The monoisotopic (exact) mass is 1030 g/mol. The zero-order valence-electron chi connectivity index (χ0n) is 49.6. The second kappa shape index (κ2) is 63.1. The molecule has 0 aromatic rings. The maximum atomic E-state index is 12.5. The summed E-state index contributed by atoms with van der Waals surface area (Å²) in [6.07, 6.45) is 76.6. The van der Waals surface area contributed by atoms with E-state index in [0.717, 1.165) is 44.9 Å². The summed E-state index contributed by atoms with van der Waals surface area (Å²) in [5.41, 5.74) is 0. The van der Waals surface area contributed by atoms with Crippen molar-refractivity contribution in [3.05, 3.63) is 12.2 Å². The lowest BCUT2D eigenvalue weighted by molar-refractivity contribution is -0.143. The Morgan fingerprint density at radius 1 is 0.370 bits per heavy atom. The Balaban J connectivity index is 3.41. The van der Waals surface area contributed by atoms with E-state index in [-0.39, 0.29) is 18.5 Å². The topological polar surface area (TPSA) is 95.9 Å². The summed E-state index contributed by atoms with van der Waals surface area (Å²) >= 11 is 0. The molecule has 6 nitrogen and oxygen atoms in total. The van der Waals surface area contributed by atoms with E-state index in [2.05, 4.69) is 31.3 Å². The van der Waals surface area contributed by atoms with Gasteiger partial charge in [0.05, 0.1) is 25.4 Å². The molecule has 2 unspecified atom stereocenters. The summed E-state index contributed by atoms with van der Waals surface area (Å²) in [6, 6.07) is -0.548. The Kier molecular flexibility index (Phi) is 61.9. The maximum absolute atomic E-state index is 12.5. The number of carbonyl (C=O) groups is 2. The molecule has 0 rings (SSSR count). The first-order valence-corrected chi connectivity index (χ1v) is 33.4. The fourth-order valence-corrected chi connectivity index (χ4v) is 10.7. The molecule has 0 aliphatic carbocycles. The van der Waals surface area contributed by atoms with Crippen LogP contribution in [0.5, 0.6) is 0 Å². The predicted octanol–water partition coefficient (Wildman–Crippen LogP) is 21.2. The molecule has 0 fully saturated rings. The van der Waals surface area contributed by atoms with Crippen LogP contribution in [0.2, 0.25) is 0 Å². The molecule has 0 heterocycles. The van der Waals surface area contributed by atoms with Crippen molar-refractivity contribution in [2.45, 2.75) is 392 Å². The van der Waals surface area contributed by atoms with E-state index in [1.165, 1.54) is 302 Å². The van der Waals surface area contributed by atoms with Crippen LogP contribution in [0.3, 0.4) is 0 Å². The van der Waals surface area contributed by atoms with E-state index in [1.807, 2.05) is 0 Å². The molecule has 1 amide bonds. The van der Waals surface area contributed by atoms with Crippen molar-refractivity contribution in [1.29, 1.82) is 0 Å². The van der Waals surface area contributed by atoms with E-state index in [9.17, 15) is 19.8 Å². The number of carbonyl (C=O) groups excluding carboxylic acids is 2. The van der Waals surface area contributed by atoms with Gasteiger partial charge in [0.1, 0.15) is 0 Å². The first kappa shape index (κ1) is 71.6. The molecule has 73 heavy (non-hydrogen) atoms. The number of aliphatic hydroxyl groups is 2. The van der Waals surface area contributed by atoms with E-state index in [1.54, 1.807) is 0 Å². The van der Waals surface area contributed by atoms with Gasteiger partial charge in [-0.2, -0.15) is 0 Å². The summed E-state index contributed by atoms with van der Waals surface area (Å²) < 4.78 is 5.48. The van der Waals surface area contributed by atoms with Crippen molar-refractivity contribution in [3.8, 4) is 0 Å². The van der Waals surface area contributed by atoms with Crippen molar-refractivity contribution >= 4 is 11.9 Å². The molecule has 0 radical (unpaired) electrons. The molecule has 0 aliphatic rings. The summed E-state index contributed by atoms with van der Waals surface area (Å²) in [4.78, 5) is 24.6. The molecular formula is C67H131NO5. The molecule has 0 aromatic heterocycles. The highest BCUT2D eigenvalue weighted by molar-refractivity contribution is 5.76. The number of allylic oxidation sites excluding steroid dienone is 2. The van der Waals surface area contributed by atoms with Gasteiger partial charge < -0.3 is 20.3 Å². The van der Waals surface area contributed by atoms with Crippen LogP contribution in [0.15, 0.2) is 12.2 Å². The molecule has 2 atom stereocenters. The van der Waals surface area contributed by atoms with Gasteiger partial charge in [-0.3, -0.25) is 9.59 Å². The molecule has 0 saturated heterocycles. The zero-order valence-corrected chi connectivity index (χ0v) is 49.6. The molecule has 0 bridgehead atoms. The average Bonchev–Trinajstić information content (AvgIpc) is 3.39. The third kappa shape index (κ3) is 59.7. The first-order valence-electron chi connectivity index (χ1n) is 33.4. The van der Waals surface area contributed by atoms with Gasteiger partial charge in [-0.05, 0) is 51.4 Å². The SMILES string of the molecule is CCCCCCCC/C=C\CCCCCCCC(=O)OCCCCCCCCCCCCCCCCCCC(=O)NC(CO)C(O)CCCCCCCCCCCCCCCCCCCCCCCCCCC. The fourth-order valence-electron chi connectivity index (χ4n) is 10.7. The molecule has 434 valence electrons. The summed E-state index contributed by atoms with van der Waals surface area (Å²) in [6.45, 7) is 4.97. The summed E-state index contributed by atoms with van der Waals surface area (Å²) in [5.74, 6) is -0.0403. The van der Waals surface area contributed by atoms with Crippen molar-refractivity contribution in [3.63, 3.8) is 0 Å². The summed E-state index contributed by atoms with van der Waals surface area (Å²) in [5, 5.41) is 23.4. The number of unbranched alkanes of at least 4 members (excludes halogenated alkanes) is 50. The van der Waals surface area contributed by atoms with Gasteiger partial charge >= 0.3 is 5.97 Å². The van der Waals surface area contributed by atoms with Gasteiger partial charge in [-0.25, -0.2) is 0 Å². The Hall–Kier alpha value is -1.40. The van der Waals surface area contributed by atoms with Crippen LogP contribution in [0.4, 0.5) is 0 Å². The number of aliphatic hydroxyl groups excluding tert-OH is 2. The number of hydrogen-bond donors (Lipinski definition) is 3. The van der Waals surface area contributed by atoms with Gasteiger partial charge in [0.25, 0.3) is 0 Å². The maximum Gasteiger partial charge on any atom is 0.305 e. The van der Waals surface area contributed by atoms with Crippen molar-refractivity contribution in [1.82, 2.24) is 5.32 Å². The van der Waals surface area contributed by atoms with Gasteiger partial charge in [-0.15, -0.1) is 0 Å². The number of nitrogens with one attached hydrogen (secondary N) is 1. The van der Waals surface area contributed by atoms with E-state index in [4.69, 9.17) is 4.74 Å². The number of rotatable bonds is 63. The predicted molar refractivity (Wildman–Crippen MR) is 320 cm³/mol. The lowest BCUT2D eigenvalue weighted by atomic mass is 10.0. The van der Waals surface area contributed by atoms with Crippen LogP contribution in [0.25, 0.3) is 0 Å². The lowest BCUT2D eigenvalue weighted by Crippen LogP contribution is -2.45. The highest BCUT2D eigenvalue weighted by Crippen LogP contribution is 2.19. The van der Waals surface area contributed by atoms with Gasteiger partial charge in [0.2, 0.25) is 5.91 Å². The minimum Gasteiger partial charge on any atom is -0.466 e. The van der Waals surface area contributed by atoms with Crippen LogP contribution in [0.1, 0.15) is 380 Å². The quantitative estimate of drug-likeness (QED) is 0.0320. The Labute approximate surface area is 457 Å². The van der Waals surface area contributed by atoms with Crippen LogP contribution in [0, 0.1) is 0 Å². The number of amides is 1. The molecule has 0 spiro atoms. The second-order valence-corrected chi connectivity index (χ2v) is 23.2. The average molecular weight is 1030 g/mol. The Morgan fingerprint density at radius 3 is 0.973 bits per heavy atom. The smallest absolute Gasteiger partial charge is 0.305 e. The minimum atomic E-state index is -0.670. The number of hydrogen-bond acceptors (Lipinski definition) is 5. The van der Waals surface area contributed by atoms with Gasteiger partial charge in [0, 0.05) is 12.8 Å². The van der Waals surface area contributed by atoms with Crippen molar-refractivity contribution in [2.24, 2.45) is 0 Å².